The minimum absolute atomic E-state index is 0.0587. The first-order valence-electron chi connectivity index (χ1n) is 5.20. The molecular weight excluding hydrogens is 210 g/mol. The van der Waals surface area contributed by atoms with Crippen molar-refractivity contribution >= 4 is 11.8 Å². The van der Waals surface area contributed by atoms with E-state index in [4.69, 9.17) is 4.42 Å². The molecule has 2 amide bonds. The monoisotopic (exact) mass is 223 g/mol. The maximum absolute atomic E-state index is 11.5. The van der Waals surface area contributed by atoms with E-state index in [2.05, 4.69) is 15.6 Å². The van der Waals surface area contributed by atoms with Gasteiger partial charge in [0.15, 0.2) is 6.39 Å². The number of hydrogen-bond donors (Lipinski definition) is 2. The zero-order chi connectivity index (χ0) is 11.4. The molecule has 1 fully saturated rings. The molecule has 1 aliphatic rings. The van der Waals surface area contributed by atoms with Gasteiger partial charge < -0.3 is 15.1 Å². The SMILES string of the molecule is O=C1CCC(C(=O)NCCc2cocn2)N1. The first kappa shape index (κ1) is 10.7. The van der Waals surface area contributed by atoms with Crippen LogP contribution in [0.4, 0.5) is 0 Å². The third kappa shape index (κ3) is 2.59. The number of nitrogens with one attached hydrogen (secondary N) is 2. The van der Waals surface area contributed by atoms with Gasteiger partial charge in [-0.3, -0.25) is 9.59 Å². The smallest absolute Gasteiger partial charge is 0.242 e. The average molecular weight is 223 g/mol. The van der Waals surface area contributed by atoms with Crippen molar-refractivity contribution in [2.24, 2.45) is 0 Å². The molecule has 0 bridgehead atoms. The molecule has 1 saturated heterocycles. The van der Waals surface area contributed by atoms with Crippen LogP contribution < -0.4 is 10.6 Å². The highest BCUT2D eigenvalue weighted by atomic mass is 16.3. The van der Waals surface area contributed by atoms with Gasteiger partial charge in [-0.25, -0.2) is 4.98 Å². The van der Waals surface area contributed by atoms with E-state index in [0.29, 0.717) is 25.8 Å². The molecule has 0 aliphatic carbocycles. The predicted molar refractivity (Wildman–Crippen MR) is 54.4 cm³/mol. The van der Waals surface area contributed by atoms with Gasteiger partial charge in [0.2, 0.25) is 11.8 Å². The molecule has 6 nitrogen and oxygen atoms in total. The summed E-state index contributed by atoms with van der Waals surface area (Å²) in [5.74, 6) is -0.189. The molecule has 0 spiro atoms. The summed E-state index contributed by atoms with van der Waals surface area (Å²) < 4.78 is 4.81. The standard InChI is InChI=1S/C10H13N3O3/c14-9-2-1-8(13-9)10(15)11-4-3-7-5-16-6-12-7/h5-6,8H,1-4H2,(H,11,15)(H,13,14). The van der Waals surface area contributed by atoms with Gasteiger partial charge in [-0.1, -0.05) is 0 Å². The lowest BCUT2D eigenvalue weighted by molar-refractivity contribution is -0.125. The highest BCUT2D eigenvalue weighted by Gasteiger charge is 2.26. The minimum atomic E-state index is -0.371. The van der Waals surface area contributed by atoms with Crippen LogP contribution in [-0.2, 0) is 16.0 Å². The number of nitrogens with zero attached hydrogens (tertiary/aromatic N) is 1. The molecule has 0 saturated carbocycles. The van der Waals surface area contributed by atoms with Crippen LogP contribution in [0, 0.1) is 0 Å². The number of aromatic nitrogens is 1. The van der Waals surface area contributed by atoms with Crippen molar-refractivity contribution in [1.29, 1.82) is 0 Å². The zero-order valence-electron chi connectivity index (χ0n) is 8.73. The Labute approximate surface area is 92.4 Å². The lowest BCUT2D eigenvalue weighted by Gasteiger charge is -2.09. The van der Waals surface area contributed by atoms with E-state index >= 15 is 0 Å². The van der Waals surface area contributed by atoms with Gasteiger partial charge in [-0.2, -0.15) is 0 Å². The quantitative estimate of drug-likeness (QED) is 0.728. The lowest BCUT2D eigenvalue weighted by Crippen LogP contribution is -2.42. The third-order valence-corrected chi connectivity index (χ3v) is 2.48. The average Bonchev–Trinajstić information content (AvgIpc) is 2.89. The minimum Gasteiger partial charge on any atom is -0.451 e. The Morgan fingerprint density at radius 3 is 3.19 bits per heavy atom. The van der Waals surface area contributed by atoms with Crippen molar-refractivity contribution in [2.75, 3.05) is 6.54 Å². The van der Waals surface area contributed by atoms with Crippen LogP contribution in [-0.4, -0.2) is 29.4 Å². The fourth-order valence-electron chi connectivity index (χ4n) is 1.61. The zero-order valence-corrected chi connectivity index (χ0v) is 8.73. The van der Waals surface area contributed by atoms with E-state index in [-0.39, 0.29) is 17.9 Å². The maximum Gasteiger partial charge on any atom is 0.242 e. The number of amides is 2. The van der Waals surface area contributed by atoms with Crippen LogP contribution in [0.1, 0.15) is 18.5 Å². The number of rotatable bonds is 4. The van der Waals surface area contributed by atoms with Gasteiger partial charge in [0.25, 0.3) is 0 Å². The molecule has 1 aromatic heterocycles. The summed E-state index contributed by atoms with van der Waals surface area (Å²) in [5.41, 5.74) is 0.802. The first-order valence-corrected chi connectivity index (χ1v) is 5.20. The van der Waals surface area contributed by atoms with Crippen molar-refractivity contribution in [3.8, 4) is 0 Å². The Morgan fingerprint density at radius 1 is 1.69 bits per heavy atom. The summed E-state index contributed by atoms with van der Waals surface area (Å²) in [6.45, 7) is 0.498. The summed E-state index contributed by atoms with van der Waals surface area (Å²) in [7, 11) is 0. The molecule has 86 valence electrons. The molecule has 16 heavy (non-hydrogen) atoms. The van der Waals surface area contributed by atoms with Crippen molar-refractivity contribution < 1.29 is 14.0 Å². The summed E-state index contributed by atoms with van der Waals surface area (Å²) in [6.07, 6.45) is 4.54. The van der Waals surface area contributed by atoms with Crippen LogP contribution in [0.2, 0.25) is 0 Å². The topological polar surface area (TPSA) is 84.2 Å². The van der Waals surface area contributed by atoms with Gasteiger partial charge in [0.1, 0.15) is 12.3 Å². The van der Waals surface area contributed by atoms with Gasteiger partial charge >= 0.3 is 0 Å². The molecule has 2 N–H and O–H groups in total. The Balaban J connectivity index is 1.70. The molecule has 1 atom stereocenters. The molecule has 2 rings (SSSR count). The Kier molecular flexibility index (Phi) is 3.19. The van der Waals surface area contributed by atoms with Crippen molar-refractivity contribution in [3.05, 3.63) is 18.4 Å². The number of oxazole rings is 1. The molecule has 1 aromatic rings. The molecule has 1 aliphatic heterocycles. The van der Waals surface area contributed by atoms with Gasteiger partial charge in [-0.05, 0) is 6.42 Å². The van der Waals surface area contributed by atoms with Gasteiger partial charge in [0, 0.05) is 19.4 Å². The molecule has 1 unspecified atom stereocenters. The predicted octanol–water partition coefficient (Wildman–Crippen LogP) is -0.388. The summed E-state index contributed by atoms with van der Waals surface area (Å²) in [5, 5.41) is 5.36. The van der Waals surface area contributed by atoms with E-state index in [1.165, 1.54) is 6.39 Å². The highest BCUT2D eigenvalue weighted by molar-refractivity contribution is 5.90. The van der Waals surface area contributed by atoms with Gasteiger partial charge in [-0.15, -0.1) is 0 Å². The van der Waals surface area contributed by atoms with Crippen LogP contribution in [0.15, 0.2) is 17.1 Å². The summed E-state index contributed by atoms with van der Waals surface area (Å²) in [6, 6.07) is -0.371. The van der Waals surface area contributed by atoms with E-state index in [9.17, 15) is 9.59 Å². The summed E-state index contributed by atoms with van der Waals surface area (Å²) in [4.78, 5) is 26.4. The second kappa shape index (κ2) is 4.78. The third-order valence-electron chi connectivity index (χ3n) is 2.48. The van der Waals surface area contributed by atoms with Crippen molar-refractivity contribution in [1.82, 2.24) is 15.6 Å². The number of carbonyl (C=O) groups excluding carboxylic acids is 2. The summed E-state index contributed by atoms with van der Waals surface area (Å²) >= 11 is 0. The van der Waals surface area contributed by atoms with E-state index in [1.807, 2.05) is 0 Å². The highest BCUT2D eigenvalue weighted by Crippen LogP contribution is 2.06. The first-order chi connectivity index (χ1) is 7.75. The molecule has 0 aromatic carbocycles. The van der Waals surface area contributed by atoms with Crippen LogP contribution >= 0.6 is 0 Å². The molecule has 6 heteroatoms. The number of hydrogen-bond acceptors (Lipinski definition) is 4. The van der Waals surface area contributed by atoms with E-state index in [0.717, 1.165) is 5.69 Å². The van der Waals surface area contributed by atoms with Gasteiger partial charge in [0.05, 0.1) is 5.69 Å². The van der Waals surface area contributed by atoms with Crippen LogP contribution in [0.5, 0.6) is 0 Å². The molecular formula is C10H13N3O3. The fourth-order valence-corrected chi connectivity index (χ4v) is 1.61. The second-order valence-corrected chi connectivity index (χ2v) is 3.68. The van der Waals surface area contributed by atoms with Crippen LogP contribution in [0.25, 0.3) is 0 Å². The maximum atomic E-state index is 11.5. The normalized spacial score (nSPS) is 19.5. The Hall–Kier alpha value is -1.85. The molecule has 2 heterocycles. The van der Waals surface area contributed by atoms with Crippen LogP contribution in [0.3, 0.4) is 0 Å². The van der Waals surface area contributed by atoms with Crippen molar-refractivity contribution in [3.63, 3.8) is 0 Å². The Bertz CT molecular complexity index is 375. The lowest BCUT2D eigenvalue weighted by atomic mass is 10.2. The number of carbonyl (C=O) groups is 2. The molecule has 0 radical (unpaired) electrons. The second-order valence-electron chi connectivity index (χ2n) is 3.68. The Morgan fingerprint density at radius 2 is 2.56 bits per heavy atom. The van der Waals surface area contributed by atoms with Crippen molar-refractivity contribution in [2.45, 2.75) is 25.3 Å². The van der Waals surface area contributed by atoms with E-state index < -0.39 is 0 Å². The fraction of sp³-hybridized carbons (Fsp3) is 0.500. The van der Waals surface area contributed by atoms with E-state index in [1.54, 1.807) is 6.26 Å². The largest absolute Gasteiger partial charge is 0.451 e.